The van der Waals surface area contributed by atoms with Crippen LogP contribution >= 0.6 is 0 Å². The van der Waals surface area contributed by atoms with Gasteiger partial charge < -0.3 is 9.90 Å². The number of carboxylic acids is 1. The van der Waals surface area contributed by atoms with Crippen molar-refractivity contribution in [3.8, 4) is 0 Å². The Kier molecular flexibility index (Phi) is 3.66. The average molecular weight is 242 g/mol. The van der Waals surface area contributed by atoms with Gasteiger partial charge in [0.15, 0.2) is 0 Å². The third kappa shape index (κ3) is 3.04. The molecule has 88 valence electrons. The smallest absolute Gasteiger partial charge is 0.241 e. The molecule has 0 saturated heterocycles. The Hall–Kier alpha value is -1.40. The first-order valence-electron chi connectivity index (χ1n) is 4.63. The maximum atomic E-state index is 11.7. The van der Waals surface area contributed by atoms with Crippen molar-refractivity contribution in [2.24, 2.45) is 0 Å². The summed E-state index contributed by atoms with van der Waals surface area (Å²) in [5, 5.41) is 10.4. The normalized spacial score (nSPS) is 13.4. The van der Waals surface area contributed by atoms with E-state index < -0.39 is 22.0 Å². The Morgan fingerprint density at radius 2 is 1.81 bits per heavy atom. The van der Waals surface area contributed by atoms with Crippen LogP contribution in [0, 0.1) is 6.92 Å². The molecule has 0 heterocycles. The molecule has 0 fully saturated rings. The van der Waals surface area contributed by atoms with Crippen molar-refractivity contribution in [3.05, 3.63) is 29.8 Å². The first-order chi connectivity index (χ1) is 7.33. The van der Waals surface area contributed by atoms with Crippen molar-refractivity contribution in [2.45, 2.75) is 24.8 Å². The summed E-state index contributed by atoms with van der Waals surface area (Å²) in [5.74, 6) is -1.46. The van der Waals surface area contributed by atoms with E-state index in [2.05, 4.69) is 0 Å². The van der Waals surface area contributed by atoms with Crippen LogP contribution in [0.2, 0.25) is 0 Å². The van der Waals surface area contributed by atoms with Gasteiger partial charge in [0, 0.05) is 0 Å². The summed E-state index contributed by atoms with van der Waals surface area (Å²) in [6.45, 7) is 3.04. The third-order valence-corrected chi connectivity index (χ3v) is 3.57. The molecule has 1 aromatic rings. The first-order valence-corrected chi connectivity index (χ1v) is 6.11. The molecule has 16 heavy (non-hydrogen) atoms. The van der Waals surface area contributed by atoms with Gasteiger partial charge in [0.2, 0.25) is 10.0 Å². The summed E-state index contributed by atoms with van der Waals surface area (Å²) in [5.41, 5.74) is 0.923. The minimum absolute atomic E-state index is 0.0335. The fourth-order valence-electron chi connectivity index (χ4n) is 1.07. The van der Waals surface area contributed by atoms with Gasteiger partial charge in [-0.05, 0) is 26.0 Å². The molecule has 1 N–H and O–H groups in total. The standard InChI is InChI=1S/C10H13NO4S/c1-7-3-5-9(6-4-7)16(14,15)11-8(2)10(12)13/h3-6,8,11H,1-2H3,(H,12,13)/p-1. The van der Waals surface area contributed by atoms with Gasteiger partial charge in [-0.2, -0.15) is 0 Å². The summed E-state index contributed by atoms with van der Waals surface area (Å²) >= 11 is 0. The Morgan fingerprint density at radius 3 is 2.25 bits per heavy atom. The van der Waals surface area contributed by atoms with Crippen molar-refractivity contribution in [3.63, 3.8) is 0 Å². The van der Waals surface area contributed by atoms with Crippen LogP contribution in [0.5, 0.6) is 0 Å². The molecule has 6 heteroatoms. The monoisotopic (exact) mass is 242 g/mol. The van der Waals surface area contributed by atoms with Crippen molar-refractivity contribution >= 4 is 16.0 Å². The Bertz CT molecular complexity index is 478. The van der Waals surface area contributed by atoms with Crippen LogP contribution in [0.25, 0.3) is 0 Å². The van der Waals surface area contributed by atoms with Crippen molar-refractivity contribution in [2.75, 3.05) is 0 Å². The fraction of sp³-hybridized carbons (Fsp3) is 0.300. The lowest BCUT2D eigenvalue weighted by atomic mass is 10.2. The summed E-state index contributed by atoms with van der Waals surface area (Å²) in [6, 6.07) is 4.85. The van der Waals surface area contributed by atoms with E-state index in [0.29, 0.717) is 0 Å². The average Bonchev–Trinajstić information content (AvgIpc) is 2.17. The lowest BCUT2D eigenvalue weighted by Crippen LogP contribution is -2.45. The minimum Gasteiger partial charge on any atom is -0.548 e. The Labute approximate surface area is 94.2 Å². The number of carboxylic acid groups (broad SMARTS) is 1. The van der Waals surface area contributed by atoms with Crippen LogP contribution in [-0.2, 0) is 14.8 Å². The first kappa shape index (κ1) is 12.7. The van der Waals surface area contributed by atoms with E-state index in [4.69, 9.17) is 0 Å². The van der Waals surface area contributed by atoms with Gasteiger partial charge in [-0.25, -0.2) is 13.1 Å². The highest BCUT2D eigenvalue weighted by Gasteiger charge is 2.17. The van der Waals surface area contributed by atoms with Crippen molar-refractivity contribution in [1.82, 2.24) is 4.72 Å². The van der Waals surface area contributed by atoms with Gasteiger partial charge in [-0.3, -0.25) is 0 Å². The number of rotatable bonds is 4. The van der Waals surface area contributed by atoms with Crippen LogP contribution in [0.15, 0.2) is 29.2 Å². The molecule has 1 unspecified atom stereocenters. The Balaban J connectivity index is 2.94. The molecule has 1 rings (SSSR count). The van der Waals surface area contributed by atoms with Crippen molar-refractivity contribution < 1.29 is 18.3 Å². The minimum atomic E-state index is -3.79. The third-order valence-electron chi connectivity index (χ3n) is 2.02. The van der Waals surface area contributed by atoms with Gasteiger partial charge in [-0.15, -0.1) is 0 Å². The second-order valence-electron chi connectivity index (χ2n) is 3.48. The Morgan fingerprint density at radius 1 is 1.31 bits per heavy atom. The highest BCUT2D eigenvalue weighted by Crippen LogP contribution is 2.10. The summed E-state index contributed by atoms with van der Waals surface area (Å²) in [6.07, 6.45) is 0. The number of carbonyl (C=O) groups excluding carboxylic acids is 1. The van der Waals surface area contributed by atoms with E-state index in [9.17, 15) is 18.3 Å². The molecule has 0 bridgehead atoms. The van der Waals surface area contributed by atoms with Gasteiger partial charge in [0.25, 0.3) is 0 Å². The quantitative estimate of drug-likeness (QED) is 0.764. The number of carbonyl (C=O) groups is 1. The largest absolute Gasteiger partial charge is 0.548 e. The van der Waals surface area contributed by atoms with Crippen LogP contribution in [0.3, 0.4) is 0 Å². The molecule has 1 atom stereocenters. The highest BCUT2D eigenvalue weighted by molar-refractivity contribution is 7.89. The zero-order valence-electron chi connectivity index (χ0n) is 8.93. The van der Waals surface area contributed by atoms with Crippen LogP contribution < -0.4 is 9.83 Å². The highest BCUT2D eigenvalue weighted by atomic mass is 32.2. The predicted octanol–water partition coefficient (Wildman–Crippen LogP) is -0.588. The molecule has 0 aliphatic heterocycles. The number of hydrogen-bond acceptors (Lipinski definition) is 4. The second kappa shape index (κ2) is 4.63. The lowest BCUT2D eigenvalue weighted by molar-refractivity contribution is -0.307. The maximum Gasteiger partial charge on any atom is 0.241 e. The van der Waals surface area contributed by atoms with Crippen molar-refractivity contribution in [1.29, 1.82) is 0 Å². The molecular formula is C10H12NO4S-. The SMILES string of the molecule is Cc1ccc(S(=O)(=O)NC(C)C(=O)[O-])cc1. The molecule has 0 radical (unpaired) electrons. The van der Waals surface area contributed by atoms with E-state index in [1.807, 2.05) is 11.6 Å². The fourth-order valence-corrected chi connectivity index (χ4v) is 2.26. The molecule has 0 spiro atoms. The number of nitrogens with one attached hydrogen (secondary N) is 1. The van der Waals surface area contributed by atoms with E-state index >= 15 is 0 Å². The van der Waals surface area contributed by atoms with E-state index in [1.54, 1.807) is 12.1 Å². The number of aryl methyl sites for hydroxylation is 1. The molecule has 1 aromatic carbocycles. The predicted molar refractivity (Wildman–Crippen MR) is 56.0 cm³/mol. The molecule has 0 aliphatic rings. The summed E-state index contributed by atoms with van der Waals surface area (Å²) in [7, 11) is -3.79. The van der Waals surface area contributed by atoms with Gasteiger partial charge in [-0.1, -0.05) is 17.7 Å². The van der Waals surface area contributed by atoms with Crippen LogP contribution in [0.4, 0.5) is 0 Å². The topological polar surface area (TPSA) is 86.3 Å². The summed E-state index contributed by atoms with van der Waals surface area (Å²) < 4.78 is 25.3. The number of aliphatic carboxylic acids is 1. The number of benzene rings is 1. The van der Waals surface area contributed by atoms with Gasteiger partial charge >= 0.3 is 0 Å². The number of sulfonamides is 1. The van der Waals surface area contributed by atoms with E-state index in [0.717, 1.165) is 5.56 Å². The second-order valence-corrected chi connectivity index (χ2v) is 5.19. The molecule has 0 aromatic heterocycles. The molecule has 0 amide bonds. The lowest BCUT2D eigenvalue weighted by Gasteiger charge is -2.14. The van der Waals surface area contributed by atoms with Crippen LogP contribution in [0.1, 0.15) is 12.5 Å². The zero-order chi connectivity index (χ0) is 12.3. The van der Waals surface area contributed by atoms with Gasteiger partial charge in [0.05, 0.1) is 16.9 Å². The maximum absolute atomic E-state index is 11.7. The van der Waals surface area contributed by atoms with Crippen LogP contribution in [-0.4, -0.2) is 20.4 Å². The van der Waals surface area contributed by atoms with Gasteiger partial charge in [0.1, 0.15) is 0 Å². The molecular weight excluding hydrogens is 230 g/mol. The number of hydrogen-bond donors (Lipinski definition) is 1. The van der Waals surface area contributed by atoms with E-state index in [1.165, 1.54) is 19.1 Å². The van der Waals surface area contributed by atoms with E-state index in [-0.39, 0.29) is 4.90 Å². The molecule has 0 aliphatic carbocycles. The summed E-state index contributed by atoms with van der Waals surface area (Å²) in [4.78, 5) is 10.5. The molecule has 5 nitrogen and oxygen atoms in total. The zero-order valence-corrected chi connectivity index (χ0v) is 9.74. The molecule has 0 saturated carbocycles.